The Kier molecular flexibility index (Phi) is 1.70. The van der Waals surface area contributed by atoms with Gasteiger partial charge < -0.3 is 4.90 Å². The van der Waals surface area contributed by atoms with Crippen LogP contribution in [-0.2, 0) is 0 Å². The minimum absolute atomic E-state index is 0.282. The van der Waals surface area contributed by atoms with Gasteiger partial charge in [-0.2, -0.15) is 5.12 Å². The zero-order valence-electron chi connectivity index (χ0n) is 6.52. The molecule has 0 aromatic heterocycles. The molecule has 1 aliphatic heterocycles. The van der Waals surface area contributed by atoms with Crippen LogP contribution in [0.4, 0.5) is 10.2 Å². The molecular formula is C9H9FN2. The number of hydrogen-bond acceptors (Lipinski definition) is 2. The van der Waals surface area contributed by atoms with Crippen LogP contribution in [0, 0.1) is 0 Å². The fourth-order valence-electron chi connectivity index (χ4n) is 1.18. The Hall–Kier alpha value is -1.51. The molecule has 0 fully saturated rings. The van der Waals surface area contributed by atoms with E-state index in [-0.39, 0.29) is 6.67 Å². The third kappa shape index (κ3) is 1.25. The van der Waals surface area contributed by atoms with Crippen LogP contribution in [0.25, 0.3) is 0 Å². The van der Waals surface area contributed by atoms with Gasteiger partial charge in [0.05, 0.1) is 6.20 Å². The number of rotatable bonds is 1. The van der Waals surface area contributed by atoms with E-state index < -0.39 is 0 Å². The summed E-state index contributed by atoms with van der Waals surface area (Å²) >= 11 is 0. The lowest BCUT2D eigenvalue weighted by Crippen LogP contribution is -2.18. The van der Waals surface area contributed by atoms with Crippen molar-refractivity contribution >= 4 is 5.69 Å². The quantitative estimate of drug-likeness (QED) is 0.586. The van der Waals surface area contributed by atoms with E-state index in [1.165, 1.54) is 6.20 Å². The van der Waals surface area contributed by atoms with Crippen LogP contribution < -0.4 is 4.90 Å². The van der Waals surface area contributed by atoms with Crippen LogP contribution in [-0.4, -0.2) is 11.8 Å². The van der Waals surface area contributed by atoms with Crippen molar-refractivity contribution in [3.8, 4) is 0 Å². The Morgan fingerprint density at radius 1 is 1.08 bits per heavy atom. The first-order valence-electron chi connectivity index (χ1n) is 3.79. The average molecular weight is 164 g/mol. The van der Waals surface area contributed by atoms with Gasteiger partial charge in [-0.05, 0) is 12.1 Å². The fourth-order valence-corrected chi connectivity index (χ4v) is 1.18. The van der Waals surface area contributed by atoms with Crippen molar-refractivity contribution in [2.45, 2.75) is 0 Å². The standard InChI is InChI=1S/C9H9FN2/c10-12-7-6-11(8-12)9-4-2-1-3-5-9/h1-7H,8H2. The van der Waals surface area contributed by atoms with Gasteiger partial charge in [-0.1, -0.05) is 22.7 Å². The molecule has 62 valence electrons. The van der Waals surface area contributed by atoms with E-state index in [2.05, 4.69) is 0 Å². The van der Waals surface area contributed by atoms with Gasteiger partial charge in [0.15, 0.2) is 0 Å². The molecule has 1 aromatic rings. The number of halogens is 1. The van der Waals surface area contributed by atoms with Crippen molar-refractivity contribution in [1.29, 1.82) is 0 Å². The average Bonchev–Trinajstić information content (AvgIpc) is 2.54. The second kappa shape index (κ2) is 2.85. The molecule has 12 heavy (non-hydrogen) atoms. The molecule has 3 heteroatoms. The predicted octanol–water partition coefficient (Wildman–Crippen LogP) is 2.12. The second-order valence-corrected chi connectivity index (χ2v) is 2.64. The van der Waals surface area contributed by atoms with Gasteiger partial charge >= 0.3 is 0 Å². The second-order valence-electron chi connectivity index (χ2n) is 2.64. The topological polar surface area (TPSA) is 6.48 Å². The van der Waals surface area contributed by atoms with Gasteiger partial charge in [-0.15, -0.1) is 0 Å². The minimum Gasteiger partial charge on any atom is -0.326 e. The molecule has 1 heterocycles. The summed E-state index contributed by atoms with van der Waals surface area (Å²) in [5, 5.41) is 0.646. The van der Waals surface area contributed by atoms with Crippen LogP contribution in [0.2, 0.25) is 0 Å². The van der Waals surface area contributed by atoms with Crippen molar-refractivity contribution in [3.05, 3.63) is 42.7 Å². The van der Waals surface area contributed by atoms with E-state index in [1.54, 1.807) is 6.20 Å². The third-order valence-corrected chi connectivity index (χ3v) is 1.78. The first-order valence-corrected chi connectivity index (χ1v) is 3.79. The van der Waals surface area contributed by atoms with Crippen LogP contribution in [0.15, 0.2) is 42.7 Å². The molecule has 0 unspecified atom stereocenters. The Bertz CT molecular complexity index is 284. The molecule has 2 rings (SSSR count). The highest BCUT2D eigenvalue weighted by molar-refractivity contribution is 5.49. The van der Waals surface area contributed by atoms with Crippen molar-refractivity contribution in [3.63, 3.8) is 0 Å². The lowest BCUT2D eigenvalue weighted by Gasteiger charge is -2.15. The van der Waals surface area contributed by atoms with Gasteiger partial charge in [0.1, 0.15) is 6.67 Å². The highest BCUT2D eigenvalue weighted by Gasteiger charge is 2.11. The normalized spacial score (nSPS) is 15.8. The zero-order chi connectivity index (χ0) is 8.39. The maximum absolute atomic E-state index is 12.6. The summed E-state index contributed by atoms with van der Waals surface area (Å²) in [5.41, 5.74) is 1.01. The predicted molar refractivity (Wildman–Crippen MR) is 45.9 cm³/mol. The molecule has 1 aromatic carbocycles. The summed E-state index contributed by atoms with van der Waals surface area (Å²) in [7, 11) is 0. The Balaban J connectivity index is 2.18. The maximum atomic E-state index is 12.6. The summed E-state index contributed by atoms with van der Waals surface area (Å²) in [4.78, 5) is 1.83. The van der Waals surface area contributed by atoms with E-state index >= 15 is 0 Å². The van der Waals surface area contributed by atoms with E-state index in [0.29, 0.717) is 5.12 Å². The molecule has 0 aliphatic carbocycles. The molecule has 0 saturated heterocycles. The number of para-hydroxylation sites is 1. The molecule has 2 nitrogen and oxygen atoms in total. The van der Waals surface area contributed by atoms with Crippen LogP contribution in [0.3, 0.4) is 0 Å². The smallest absolute Gasteiger partial charge is 0.125 e. The summed E-state index contributed by atoms with van der Waals surface area (Å²) in [6.07, 6.45) is 3.13. The molecule has 0 amide bonds. The largest absolute Gasteiger partial charge is 0.326 e. The zero-order valence-corrected chi connectivity index (χ0v) is 6.52. The van der Waals surface area contributed by atoms with Gasteiger partial charge in [-0.25, -0.2) is 0 Å². The van der Waals surface area contributed by atoms with E-state index in [0.717, 1.165) is 5.69 Å². The summed E-state index contributed by atoms with van der Waals surface area (Å²) in [6, 6.07) is 9.71. The van der Waals surface area contributed by atoms with Gasteiger partial charge in [-0.3, -0.25) is 0 Å². The fraction of sp³-hybridized carbons (Fsp3) is 0.111. The molecule has 0 saturated carbocycles. The van der Waals surface area contributed by atoms with Gasteiger partial charge in [0.2, 0.25) is 0 Å². The molecule has 0 N–H and O–H groups in total. The SMILES string of the molecule is FN1C=CN(c2ccccc2)C1. The maximum Gasteiger partial charge on any atom is 0.125 e. The number of anilines is 1. The highest BCUT2D eigenvalue weighted by Crippen LogP contribution is 2.18. The van der Waals surface area contributed by atoms with Crippen molar-refractivity contribution < 1.29 is 4.48 Å². The van der Waals surface area contributed by atoms with Gasteiger partial charge in [0.25, 0.3) is 0 Å². The molecule has 1 aliphatic rings. The Morgan fingerprint density at radius 3 is 2.42 bits per heavy atom. The summed E-state index contributed by atoms with van der Waals surface area (Å²) < 4.78 is 12.6. The van der Waals surface area contributed by atoms with Gasteiger partial charge in [0, 0.05) is 11.9 Å². The molecular weight excluding hydrogens is 155 g/mol. The Morgan fingerprint density at radius 2 is 1.83 bits per heavy atom. The van der Waals surface area contributed by atoms with E-state index in [1.807, 2.05) is 35.2 Å². The lowest BCUT2D eigenvalue weighted by atomic mass is 10.3. The molecule has 0 bridgehead atoms. The molecule has 0 spiro atoms. The summed E-state index contributed by atoms with van der Waals surface area (Å²) in [5.74, 6) is 0. The number of hydrogen-bond donors (Lipinski definition) is 0. The van der Waals surface area contributed by atoms with Crippen LogP contribution >= 0.6 is 0 Å². The van der Waals surface area contributed by atoms with Crippen LogP contribution in [0.1, 0.15) is 0 Å². The monoisotopic (exact) mass is 164 g/mol. The molecule has 0 radical (unpaired) electrons. The van der Waals surface area contributed by atoms with E-state index in [4.69, 9.17) is 0 Å². The van der Waals surface area contributed by atoms with Crippen molar-refractivity contribution in [2.75, 3.05) is 11.6 Å². The van der Waals surface area contributed by atoms with Crippen molar-refractivity contribution in [1.82, 2.24) is 5.12 Å². The first kappa shape index (κ1) is 7.16. The van der Waals surface area contributed by atoms with Crippen LogP contribution in [0.5, 0.6) is 0 Å². The third-order valence-electron chi connectivity index (χ3n) is 1.78. The number of benzene rings is 1. The summed E-state index contributed by atoms with van der Waals surface area (Å²) in [6.45, 7) is 0.282. The highest BCUT2D eigenvalue weighted by atomic mass is 19.2. The Labute approximate surface area is 70.5 Å². The minimum atomic E-state index is 0.282. The lowest BCUT2D eigenvalue weighted by molar-refractivity contribution is 0.104. The first-order chi connectivity index (χ1) is 5.86. The molecule has 0 atom stereocenters. The van der Waals surface area contributed by atoms with Crippen molar-refractivity contribution in [2.24, 2.45) is 0 Å². The van der Waals surface area contributed by atoms with E-state index in [9.17, 15) is 4.48 Å². The number of nitrogens with zero attached hydrogens (tertiary/aromatic N) is 2.